The Morgan fingerprint density at radius 1 is 1.00 bits per heavy atom. The minimum Gasteiger partial charge on any atom is -0.302 e. The van der Waals surface area contributed by atoms with Crippen LogP contribution in [-0.4, -0.2) is 39.3 Å². The molecular weight excluding hydrogens is 334 g/mol. The molecule has 4 nitrogen and oxygen atoms in total. The third-order valence-electron chi connectivity index (χ3n) is 4.47. The fraction of sp³-hybridized carbons (Fsp3) is 0.300. The van der Waals surface area contributed by atoms with E-state index < -0.39 is 5.95 Å². The molecule has 3 aromatic rings. The summed E-state index contributed by atoms with van der Waals surface area (Å²) < 4.78 is 29.4. The number of nitrogens with zero attached hydrogens (tertiary/aromatic N) is 4. The molecule has 26 heavy (non-hydrogen) atoms. The van der Waals surface area contributed by atoms with Gasteiger partial charge in [-0.25, -0.2) is 9.37 Å². The van der Waals surface area contributed by atoms with E-state index in [4.69, 9.17) is 0 Å². The molecule has 0 amide bonds. The molecule has 2 heterocycles. The van der Waals surface area contributed by atoms with Gasteiger partial charge < -0.3 is 4.90 Å². The van der Waals surface area contributed by atoms with Crippen molar-refractivity contribution >= 4 is 0 Å². The Kier molecular flexibility index (Phi) is 5.73. The molecule has 0 bridgehead atoms. The van der Waals surface area contributed by atoms with Gasteiger partial charge in [-0.1, -0.05) is 13.8 Å². The molecule has 0 radical (unpaired) electrons. The maximum Gasteiger partial charge on any atom is 0.220 e. The summed E-state index contributed by atoms with van der Waals surface area (Å²) in [4.78, 5) is 6.04. The van der Waals surface area contributed by atoms with Gasteiger partial charge in [-0.15, -0.1) is 0 Å². The minimum absolute atomic E-state index is 0.316. The lowest BCUT2D eigenvalue weighted by molar-refractivity contribution is 0.285. The van der Waals surface area contributed by atoms with Crippen LogP contribution in [-0.2, 0) is 6.54 Å². The lowest BCUT2D eigenvalue weighted by Crippen LogP contribution is -2.27. The molecule has 0 aliphatic carbocycles. The summed E-state index contributed by atoms with van der Waals surface area (Å²) in [7, 11) is 0. The first-order chi connectivity index (χ1) is 12.6. The van der Waals surface area contributed by atoms with Crippen LogP contribution in [0.2, 0.25) is 0 Å². The molecule has 3 rings (SSSR count). The second-order valence-corrected chi connectivity index (χ2v) is 6.03. The van der Waals surface area contributed by atoms with Crippen molar-refractivity contribution in [1.29, 1.82) is 0 Å². The number of pyridine rings is 1. The van der Waals surface area contributed by atoms with E-state index in [0.29, 0.717) is 23.4 Å². The third-order valence-corrected chi connectivity index (χ3v) is 4.47. The molecule has 0 atom stereocenters. The van der Waals surface area contributed by atoms with Gasteiger partial charge in [0.05, 0.1) is 6.54 Å². The Hall–Kier alpha value is -2.60. The molecule has 0 saturated carbocycles. The summed E-state index contributed by atoms with van der Waals surface area (Å²) in [6.45, 7) is 7.71. The van der Waals surface area contributed by atoms with Crippen molar-refractivity contribution in [1.82, 2.24) is 19.7 Å². The normalized spacial score (nSPS) is 11.3. The Morgan fingerprint density at radius 2 is 1.73 bits per heavy atom. The van der Waals surface area contributed by atoms with Gasteiger partial charge in [0.15, 0.2) is 0 Å². The molecular formula is C20H22F2N4. The number of benzene rings is 1. The molecule has 0 fully saturated rings. The van der Waals surface area contributed by atoms with Gasteiger partial charge >= 0.3 is 0 Å². The second kappa shape index (κ2) is 8.19. The predicted octanol–water partition coefficient (Wildman–Crippen LogP) is 4.23. The lowest BCUT2D eigenvalue weighted by Gasteiger charge is -2.17. The lowest BCUT2D eigenvalue weighted by atomic mass is 10.0. The van der Waals surface area contributed by atoms with Crippen molar-refractivity contribution < 1.29 is 8.78 Å². The first-order valence-corrected chi connectivity index (χ1v) is 8.79. The molecule has 2 aromatic heterocycles. The highest BCUT2D eigenvalue weighted by Crippen LogP contribution is 2.32. The smallest absolute Gasteiger partial charge is 0.220 e. The van der Waals surface area contributed by atoms with Gasteiger partial charge in [-0.3, -0.25) is 4.68 Å². The highest BCUT2D eigenvalue weighted by molar-refractivity contribution is 5.80. The van der Waals surface area contributed by atoms with E-state index in [-0.39, 0.29) is 5.82 Å². The summed E-state index contributed by atoms with van der Waals surface area (Å²) in [6, 6.07) is 9.46. The number of rotatable bonds is 7. The van der Waals surface area contributed by atoms with E-state index in [1.807, 2.05) is 10.9 Å². The molecule has 136 valence electrons. The number of aromatic nitrogens is 3. The highest BCUT2D eigenvalue weighted by Gasteiger charge is 2.17. The number of hydrogen-bond donors (Lipinski definition) is 0. The summed E-state index contributed by atoms with van der Waals surface area (Å²) in [6.07, 6.45) is 3.25. The van der Waals surface area contributed by atoms with Gasteiger partial charge in [-0.05, 0) is 49.5 Å². The predicted molar refractivity (Wildman–Crippen MR) is 98.6 cm³/mol. The zero-order valence-electron chi connectivity index (χ0n) is 15.0. The summed E-state index contributed by atoms with van der Waals surface area (Å²) >= 11 is 0. The summed E-state index contributed by atoms with van der Waals surface area (Å²) in [5.41, 5.74) is 2.41. The van der Waals surface area contributed by atoms with E-state index in [1.165, 1.54) is 18.3 Å². The Labute approximate surface area is 152 Å². The van der Waals surface area contributed by atoms with Crippen molar-refractivity contribution in [2.24, 2.45) is 0 Å². The molecule has 0 N–H and O–H groups in total. The monoisotopic (exact) mass is 356 g/mol. The minimum atomic E-state index is -0.542. The van der Waals surface area contributed by atoms with Crippen LogP contribution in [0.3, 0.4) is 0 Å². The first kappa shape index (κ1) is 18.2. The Bertz CT molecular complexity index is 855. The SMILES string of the molecule is CCN(CC)CCn1cc(-c2cccnc2F)c(-c2ccc(F)cc2)n1. The average Bonchev–Trinajstić information content (AvgIpc) is 3.07. The molecule has 0 spiro atoms. The fourth-order valence-electron chi connectivity index (χ4n) is 2.92. The van der Waals surface area contributed by atoms with Crippen LogP contribution >= 0.6 is 0 Å². The van der Waals surface area contributed by atoms with Gasteiger partial charge in [-0.2, -0.15) is 9.49 Å². The molecule has 0 aliphatic heterocycles. The Balaban J connectivity index is 2.00. The average molecular weight is 356 g/mol. The molecule has 0 unspecified atom stereocenters. The van der Waals surface area contributed by atoms with E-state index in [2.05, 4.69) is 28.8 Å². The van der Waals surface area contributed by atoms with Crippen LogP contribution in [0.4, 0.5) is 8.78 Å². The van der Waals surface area contributed by atoms with Gasteiger partial charge in [0.2, 0.25) is 5.95 Å². The number of halogens is 2. The quantitative estimate of drug-likeness (QED) is 0.594. The molecule has 1 aromatic carbocycles. The second-order valence-electron chi connectivity index (χ2n) is 6.03. The van der Waals surface area contributed by atoms with Crippen LogP contribution in [0.25, 0.3) is 22.4 Å². The topological polar surface area (TPSA) is 34.0 Å². The van der Waals surface area contributed by atoms with Crippen LogP contribution < -0.4 is 0 Å². The standard InChI is InChI=1S/C20H22F2N4/c1-3-25(4-2)12-13-26-14-18(17-6-5-11-23-20(17)22)19(24-26)15-7-9-16(21)10-8-15/h5-11,14H,3-4,12-13H2,1-2H3. The zero-order chi connectivity index (χ0) is 18.5. The van der Waals surface area contributed by atoms with Crippen molar-refractivity contribution in [3.05, 3.63) is 60.6 Å². The largest absolute Gasteiger partial charge is 0.302 e. The molecule has 0 saturated heterocycles. The van der Waals surface area contributed by atoms with Gasteiger partial charge in [0.1, 0.15) is 11.5 Å². The van der Waals surface area contributed by atoms with Crippen LogP contribution in [0.5, 0.6) is 0 Å². The summed E-state index contributed by atoms with van der Waals surface area (Å²) in [5.74, 6) is -0.858. The summed E-state index contributed by atoms with van der Waals surface area (Å²) in [5, 5.41) is 4.64. The maximum absolute atomic E-state index is 14.3. The van der Waals surface area contributed by atoms with Crippen LogP contribution in [0.1, 0.15) is 13.8 Å². The van der Waals surface area contributed by atoms with Crippen LogP contribution in [0, 0.1) is 11.8 Å². The van der Waals surface area contributed by atoms with Crippen molar-refractivity contribution in [3.63, 3.8) is 0 Å². The van der Waals surface area contributed by atoms with Crippen molar-refractivity contribution in [2.45, 2.75) is 20.4 Å². The van der Waals surface area contributed by atoms with E-state index in [1.54, 1.807) is 24.3 Å². The fourth-order valence-corrected chi connectivity index (χ4v) is 2.92. The van der Waals surface area contributed by atoms with E-state index >= 15 is 0 Å². The van der Waals surface area contributed by atoms with Crippen molar-refractivity contribution in [3.8, 4) is 22.4 Å². The van der Waals surface area contributed by atoms with Crippen molar-refractivity contribution in [2.75, 3.05) is 19.6 Å². The highest BCUT2D eigenvalue weighted by atomic mass is 19.1. The number of hydrogen-bond acceptors (Lipinski definition) is 3. The maximum atomic E-state index is 14.3. The molecule has 0 aliphatic rings. The van der Waals surface area contributed by atoms with E-state index in [0.717, 1.165) is 25.2 Å². The third kappa shape index (κ3) is 3.96. The zero-order valence-corrected chi connectivity index (χ0v) is 15.0. The van der Waals surface area contributed by atoms with Gasteiger partial charge in [0, 0.05) is 35.6 Å². The Morgan fingerprint density at radius 3 is 2.38 bits per heavy atom. The van der Waals surface area contributed by atoms with Crippen LogP contribution in [0.15, 0.2) is 48.8 Å². The molecule has 6 heteroatoms. The first-order valence-electron chi connectivity index (χ1n) is 8.79. The van der Waals surface area contributed by atoms with Gasteiger partial charge in [0.25, 0.3) is 0 Å². The van der Waals surface area contributed by atoms with E-state index in [9.17, 15) is 8.78 Å². The number of likely N-dealkylation sites (N-methyl/N-ethyl adjacent to an activating group) is 1.